The highest BCUT2D eigenvalue weighted by atomic mass is 16.5. The number of hydrogen-bond acceptors (Lipinski definition) is 4. The van der Waals surface area contributed by atoms with E-state index >= 15 is 0 Å². The van der Waals surface area contributed by atoms with Crippen molar-refractivity contribution in [1.29, 1.82) is 0 Å². The zero-order chi connectivity index (χ0) is 14.8. The van der Waals surface area contributed by atoms with Crippen LogP contribution in [-0.2, 0) is 0 Å². The van der Waals surface area contributed by atoms with Gasteiger partial charge in [-0.15, -0.1) is 0 Å². The zero-order valence-corrected chi connectivity index (χ0v) is 11.8. The van der Waals surface area contributed by atoms with E-state index in [0.717, 1.165) is 5.39 Å². The van der Waals surface area contributed by atoms with Gasteiger partial charge in [0, 0.05) is 5.39 Å². The number of carbonyl (C=O) groups is 1. The average molecular weight is 285 g/mol. The summed E-state index contributed by atoms with van der Waals surface area (Å²) < 4.78 is 16.0. The van der Waals surface area contributed by atoms with E-state index in [1.807, 2.05) is 31.2 Å². The van der Waals surface area contributed by atoms with Gasteiger partial charge in [-0.3, -0.25) is 4.79 Å². The lowest BCUT2D eigenvalue weighted by Crippen LogP contribution is -2.25. The maximum atomic E-state index is 12.0. The number of amides is 1. The van der Waals surface area contributed by atoms with Gasteiger partial charge < -0.3 is 18.9 Å². The standard InChI is InChI=1S/C16H15NO4/c1-10(17-16(18)12-6-7-20-9-12)14-8-11-4-3-5-13(19-2)15(11)21-14/h3-10H,1-2H3,(H,17,18)/t10-/m0/s1. The number of rotatable bonds is 4. The minimum absolute atomic E-state index is 0.205. The fourth-order valence-corrected chi connectivity index (χ4v) is 2.18. The molecule has 0 unspecified atom stereocenters. The number of para-hydroxylation sites is 1. The van der Waals surface area contributed by atoms with Crippen molar-refractivity contribution in [2.45, 2.75) is 13.0 Å². The Morgan fingerprint density at radius 1 is 1.33 bits per heavy atom. The Morgan fingerprint density at radius 3 is 2.90 bits per heavy atom. The Kier molecular flexibility index (Phi) is 3.39. The van der Waals surface area contributed by atoms with Crippen LogP contribution in [0.15, 0.2) is 51.7 Å². The van der Waals surface area contributed by atoms with Crippen LogP contribution in [0, 0.1) is 0 Å². The van der Waals surface area contributed by atoms with Crippen LogP contribution < -0.4 is 10.1 Å². The minimum Gasteiger partial charge on any atom is -0.493 e. The summed E-state index contributed by atoms with van der Waals surface area (Å²) in [5.74, 6) is 1.14. The molecule has 0 aliphatic rings. The molecular weight excluding hydrogens is 270 g/mol. The van der Waals surface area contributed by atoms with E-state index < -0.39 is 0 Å². The first-order chi connectivity index (χ1) is 10.2. The number of ether oxygens (including phenoxy) is 1. The number of benzene rings is 1. The molecule has 0 saturated heterocycles. The lowest BCUT2D eigenvalue weighted by atomic mass is 10.2. The number of carbonyl (C=O) groups excluding carboxylic acids is 1. The second kappa shape index (κ2) is 5.36. The van der Waals surface area contributed by atoms with Gasteiger partial charge in [0.05, 0.1) is 25.0 Å². The van der Waals surface area contributed by atoms with Crippen molar-refractivity contribution in [1.82, 2.24) is 5.32 Å². The van der Waals surface area contributed by atoms with Gasteiger partial charge >= 0.3 is 0 Å². The van der Waals surface area contributed by atoms with Crippen molar-refractivity contribution in [3.05, 3.63) is 54.2 Å². The molecule has 108 valence electrons. The molecule has 21 heavy (non-hydrogen) atoms. The third kappa shape index (κ3) is 2.50. The normalized spacial score (nSPS) is 12.3. The molecule has 2 aromatic heterocycles. The van der Waals surface area contributed by atoms with Crippen LogP contribution in [-0.4, -0.2) is 13.0 Å². The Labute approximate surface area is 121 Å². The molecule has 1 N–H and O–H groups in total. The number of fused-ring (bicyclic) bond motifs is 1. The van der Waals surface area contributed by atoms with E-state index in [2.05, 4.69) is 5.32 Å². The molecule has 0 spiro atoms. The van der Waals surface area contributed by atoms with Gasteiger partial charge in [-0.1, -0.05) is 12.1 Å². The molecule has 0 bridgehead atoms. The lowest BCUT2D eigenvalue weighted by Gasteiger charge is -2.10. The van der Waals surface area contributed by atoms with Crippen molar-refractivity contribution >= 4 is 16.9 Å². The van der Waals surface area contributed by atoms with Crippen molar-refractivity contribution < 1.29 is 18.4 Å². The molecule has 1 amide bonds. The summed E-state index contributed by atoms with van der Waals surface area (Å²) in [4.78, 5) is 12.0. The summed E-state index contributed by atoms with van der Waals surface area (Å²) in [5, 5.41) is 3.80. The van der Waals surface area contributed by atoms with E-state index in [1.54, 1.807) is 13.2 Å². The molecule has 3 rings (SSSR count). The van der Waals surface area contributed by atoms with Crippen LogP contribution in [0.2, 0.25) is 0 Å². The predicted molar refractivity (Wildman–Crippen MR) is 77.4 cm³/mol. The first-order valence-electron chi connectivity index (χ1n) is 6.58. The second-order valence-electron chi connectivity index (χ2n) is 4.73. The average Bonchev–Trinajstić information content (AvgIpc) is 3.15. The lowest BCUT2D eigenvalue weighted by molar-refractivity contribution is 0.0935. The maximum Gasteiger partial charge on any atom is 0.255 e. The third-order valence-corrected chi connectivity index (χ3v) is 3.30. The quantitative estimate of drug-likeness (QED) is 0.796. The number of nitrogens with one attached hydrogen (secondary N) is 1. The molecule has 2 heterocycles. The molecule has 0 aliphatic heterocycles. The molecule has 3 aromatic rings. The molecule has 5 nitrogen and oxygen atoms in total. The topological polar surface area (TPSA) is 64.6 Å². The van der Waals surface area contributed by atoms with E-state index in [0.29, 0.717) is 22.7 Å². The van der Waals surface area contributed by atoms with Crippen molar-refractivity contribution in [2.24, 2.45) is 0 Å². The molecule has 0 fully saturated rings. The van der Waals surface area contributed by atoms with E-state index in [-0.39, 0.29) is 11.9 Å². The summed E-state index contributed by atoms with van der Waals surface area (Å²) in [6.45, 7) is 1.86. The number of hydrogen-bond donors (Lipinski definition) is 1. The van der Waals surface area contributed by atoms with Gasteiger partial charge in [0.25, 0.3) is 5.91 Å². The molecule has 0 aliphatic carbocycles. The van der Waals surface area contributed by atoms with Gasteiger partial charge in [-0.05, 0) is 25.1 Å². The Bertz CT molecular complexity index is 758. The third-order valence-electron chi connectivity index (χ3n) is 3.30. The largest absolute Gasteiger partial charge is 0.493 e. The molecular formula is C16H15NO4. The van der Waals surface area contributed by atoms with E-state index in [4.69, 9.17) is 13.6 Å². The summed E-state index contributed by atoms with van der Waals surface area (Å²) in [5.41, 5.74) is 1.16. The number of furan rings is 2. The van der Waals surface area contributed by atoms with Crippen molar-refractivity contribution in [3.8, 4) is 5.75 Å². The Balaban J connectivity index is 1.85. The first-order valence-corrected chi connectivity index (χ1v) is 6.58. The first kappa shape index (κ1) is 13.3. The zero-order valence-electron chi connectivity index (χ0n) is 11.8. The highest BCUT2D eigenvalue weighted by Gasteiger charge is 2.17. The van der Waals surface area contributed by atoms with Crippen LogP contribution in [0.5, 0.6) is 5.75 Å². The highest BCUT2D eigenvalue weighted by molar-refractivity contribution is 5.94. The Morgan fingerprint density at radius 2 is 2.19 bits per heavy atom. The van der Waals surface area contributed by atoms with Crippen LogP contribution in [0.1, 0.15) is 29.1 Å². The second-order valence-corrected chi connectivity index (χ2v) is 4.73. The van der Waals surface area contributed by atoms with Crippen LogP contribution in [0.4, 0.5) is 0 Å². The minimum atomic E-state index is -0.260. The van der Waals surface area contributed by atoms with Crippen LogP contribution in [0.3, 0.4) is 0 Å². The monoisotopic (exact) mass is 285 g/mol. The predicted octanol–water partition coefficient (Wildman–Crippen LogP) is 3.53. The SMILES string of the molecule is COc1cccc2cc([C@H](C)NC(=O)c3ccoc3)oc12. The molecule has 0 saturated carbocycles. The van der Waals surface area contributed by atoms with Crippen molar-refractivity contribution in [3.63, 3.8) is 0 Å². The van der Waals surface area contributed by atoms with Crippen LogP contribution >= 0.6 is 0 Å². The van der Waals surface area contributed by atoms with Gasteiger partial charge in [-0.2, -0.15) is 0 Å². The Hall–Kier alpha value is -2.69. The van der Waals surface area contributed by atoms with Gasteiger partial charge in [0.15, 0.2) is 11.3 Å². The highest BCUT2D eigenvalue weighted by Crippen LogP contribution is 2.30. The van der Waals surface area contributed by atoms with Gasteiger partial charge in [0.1, 0.15) is 12.0 Å². The fourth-order valence-electron chi connectivity index (χ4n) is 2.18. The van der Waals surface area contributed by atoms with E-state index in [1.165, 1.54) is 12.5 Å². The van der Waals surface area contributed by atoms with Gasteiger partial charge in [-0.25, -0.2) is 0 Å². The number of methoxy groups -OCH3 is 1. The maximum absolute atomic E-state index is 12.0. The molecule has 1 aromatic carbocycles. The van der Waals surface area contributed by atoms with Crippen molar-refractivity contribution in [2.75, 3.05) is 7.11 Å². The fraction of sp³-hybridized carbons (Fsp3) is 0.188. The smallest absolute Gasteiger partial charge is 0.255 e. The molecule has 0 radical (unpaired) electrons. The summed E-state index contributed by atoms with van der Waals surface area (Å²) in [6, 6.07) is 8.93. The molecule has 1 atom stereocenters. The van der Waals surface area contributed by atoms with E-state index in [9.17, 15) is 4.79 Å². The summed E-state index contributed by atoms with van der Waals surface area (Å²) in [7, 11) is 1.60. The summed E-state index contributed by atoms with van der Waals surface area (Å²) in [6.07, 6.45) is 2.87. The summed E-state index contributed by atoms with van der Waals surface area (Å²) >= 11 is 0. The van der Waals surface area contributed by atoms with Gasteiger partial charge in [0.2, 0.25) is 0 Å². The van der Waals surface area contributed by atoms with Crippen LogP contribution in [0.25, 0.3) is 11.0 Å². The molecule has 5 heteroatoms.